The van der Waals surface area contributed by atoms with Gasteiger partial charge < -0.3 is 15.0 Å². The van der Waals surface area contributed by atoms with Gasteiger partial charge in [0.05, 0.1) is 12.8 Å². The minimum Gasteiger partial charge on any atom is -0.465 e. The number of piperazine rings is 1. The van der Waals surface area contributed by atoms with Crippen molar-refractivity contribution >= 4 is 40.6 Å². The van der Waals surface area contributed by atoms with E-state index in [0.717, 1.165) is 24.7 Å². The number of esters is 1. The van der Waals surface area contributed by atoms with Gasteiger partial charge in [-0.2, -0.15) is 0 Å². The fraction of sp³-hybridized carbons (Fsp3) is 0.333. The minimum atomic E-state index is -0.442. The molecular weight excluding hydrogens is 374 g/mol. The molecular formula is C18H20ClN3O3S. The van der Waals surface area contributed by atoms with Gasteiger partial charge in [0, 0.05) is 37.7 Å². The Hall–Kier alpha value is -2.09. The molecule has 1 aromatic heterocycles. The Morgan fingerprint density at radius 2 is 1.85 bits per heavy atom. The van der Waals surface area contributed by atoms with E-state index >= 15 is 0 Å². The van der Waals surface area contributed by atoms with Gasteiger partial charge in [0.1, 0.15) is 4.88 Å². The summed E-state index contributed by atoms with van der Waals surface area (Å²) >= 11 is 7.16. The normalized spacial score (nSPS) is 14.9. The number of amides is 2. The van der Waals surface area contributed by atoms with Gasteiger partial charge in [-0.3, -0.25) is 4.90 Å². The average molecular weight is 394 g/mol. The number of halogens is 1. The molecule has 26 heavy (non-hydrogen) atoms. The van der Waals surface area contributed by atoms with Crippen molar-refractivity contribution in [2.45, 2.75) is 6.54 Å². The van der Waals surface area contributed by atoms with E-state index in [-0.39, 0.29) is 6.03 Å². The average Bonchev–Trinajstić information content (AvgIpc) is 3.11. The van der Waals surface area contributed by atoms with Crippen LogP contribution in [-0.2, 0) is 11.3 Å². The Morgan fingerprint density at radius 1 is 1.15 bits per heavy atom. The van der Waals surface area contributed by atoms with Crippen molar-refractivity contribution in [2.24, 2.45) is 0 Å². The molecule has 1 fully saturated rings. The maximum Gasteiger partial charge on any atom is 0.350 e. The first kappa shape index (κ1) is 18.7. The molecule has 0 saturated carbocycles. The SMILES string of the molecule is COC(=O)c1sccc1NC(=O)N1CCN(Cc2ccc(Cl)cc2)CC1. The molecule has 0 unspecified atom stereocenters. The summed E-state index contributed by atoms with van der Waals surface area (Å²) in [7, 11) is 1.33. The highest BCUT2D eigenvalue weighted by Crippen LogP contribution is 2.23. The zero-order chi connectivity index (χ0) is 18.5. The number of nitrogens with zero attached hydrogens (tertiary/aromatic N) is 2. The number of nitrogens with one attached hydrogen (secondary N) is 1. The summed E-state index contributed by atoms with van der Waals surface area (Å²) < 4.78 is 4.73. The van der Waals surface area contributed by atoms with Crippen molar-refractivity contribution in [1.82, 2.24) is 9.80 Å². The molecule has 0 atom stereocenters. The van der Waals surface area contributed by atoms with Crippen molar-refractivity contribution in [3.05, 3.63) is 51.2 Å². The van der Waals surface area contributed by atoms with Crippen LogP contribution in [0, 0.1) is 0 Å². The Labute approximate surface area is 161 Å². The lowest BCUT2D eigenvalue weighted by Crippen LogP contribution is -2.49. The van der Waals surface area contributed by atoms with Crippen LogP contribution in [0.3, 0.4) is 0 Å². The van der Waals surface area contributed by atoms with Crippen LogP contribution in [0.2, 0.25) is 5.02 Å². The molecule has 3 rings (SSSR count). The topological polar surface area (TPSA) is 61.9 Å². The summed E-state index contributed by atoms with van der Waals surface area (Å²) in [5, 5.41) is 5.30. The third kappa shape index (κ3) is 4.55. The number of methoxy groups -OCH3 is 1. The number of anilines is 1. The van der Waals surface area contributed by atoms with Crippen molar-refractivity contribution in [1.29, 1.82) is 0 Å². The Kier molecular flexibility index (Phi) is 6.13. The molecule has 0 radical (unpaired) electrons. The number of carbonyl (C=O) groups excluding carboxylic acids is 2. The van der Waals surface area contributed by atoms with Crippen LogP contribution in [0.25, 0.3) is 0 Å². The monoisotopic (exact) mass is 393 g/mol. The van der Waals surface area contributed by atoms with Crippen molar-refractivity contribution < 1.29 is 14.3 Å². The Morgan fingerprint density at radius 3 is 2.50 bits per heavy atom. The van der Waals surface area contributed by atoms with Crippen molar-refractivity contribution in [3.8, 4) is 0 Å². The summed E-state index contributed by atoms with van der Waals surface area (Å²) in [4.78, 5) is 28.6. The zero-order valence-corrected chi connectivity index (χ0v) is 16.0. The van der Waals surface area contributed by atoms with E-state index in [0.29, 0.717) is 23.7 Å². The van der Waals surface area contributed by atoms with Gasteiger partial charge in [-0.25, -0.2) is 9.59 Å². The van der Waals surface area contributed by atoms with E-state index < -0.39 is 5.97 Å². The molecule has 0 aliphatic carbocycles. The zero-order valence-electron chi connectivity index (χ0n) is 14.4. The predicted octanol–water partition coefficient (Wildman–Crippen LogP) is 3.54. The van der Waals surface area contributed by atoms with Gasteiger partial charge in [0.2, 0.25) is 0 Å². The summed E-state index contributed by atoms with van der Waals surface area (Å²) in [6, 6.07) is 9.34. The number of rotatable bonds is 4. The second-order valence-electron chi connectivity index (χ2n) is 5.97. The smallest absolute Gasteiger partial charge is 0.350 e. The maximum atomic E-state index is 12.5. The third-order valence-electron chi connectivity index (χ3n) is 4.26. The van der Waals surface area contributed by atoms with Crippen molar-refractivity contribution in [3.63, 3.8) is 0 Å². The predicted molar refractivity (Wildman–Crippen MR) is 103 cm³/mol. The number of carbonyl (C=O) groups is 2. The number of hydrogen-bond acceptors (Lipinski definition) is 5. The summed E-state index contributed by atoms with van der Waals surface area (Å²) in [6.07, 6.45) is 0. The van der Waals surface area contributed by atoms with Crippen LogP contribution in [0.5, 0.6) is 0 Å². The molecule has 0 spiro atoms. The maximum absolute atomic E-state index is 12.5. The lowest BCUT2D eigenvalue weighted by molar-refractivity contribution is 0.0607. The second-order valence-corrected chi connectivity index (χ2v) is 7.33. The van der Waals surface area contributed by atoms with Crippen molar-refractivity contribution in [2.75, 3.05) is 38.6 Å². The lowest BCUT2D eigenvalue weighted by atomic mass is 10.2. The van der Waals surface area contributed by atoms with Gasteiger partial charge in [-0.15, -0.1) is 11.3 Å². The minimum absolute atomic E-state index is 0.195. The van der Waals surface area contributed by atoms with Gasteiger partial charge in [0.25, 0.3) is 0 Å². The lowest BCUT2D eigenvalue weighted by Gasteiger charge is -2.34. The summed E-state index contributed by atoms with van der Waals surface area (Å²) in [5.74, 6) is -0.442. The Balaban J connectivity index is 1.51. The molecule has 138 valence electrons. The molecule has 8 heteroatoms. The quantitative estimate of drug-likeness (QED) is 0.807. The number of benzene rings is 1. The van der Waals surface area contributed by atoms with E-state index in [1.165, 1.54) is 24.0 Å². The number of ether oxygens (including phenoxy) is 1. The van der Waals surface area contributed by atoms with E-state index in [1.54, 1.807) is 16.3 Å². The highest BCUT2D eigenvalue weighted by Gasteiger charge is 2.23. The van der Waals surface area contributed by atoms with E-state index in [9.17, 15) is 9.59 Å². The summed E-state index contributed by atoms with van der Waals surface area (Å²) in [6.45, 7) is 3.70. The first-order chi connectivity index (χ1) is 12.6. The first-order valence-corrected chi connectivity index (χ1v) is 9.51. The Bertz CT molecular complexity index is 770. The van der Waals surface area contributed by atoms with Crippen LogP contribution in [0.4, 0.5) is 10.5 Å². The molecule has 0 bridgehead atoms. The fourth-order valence-corrected chi connectivity index (χ4v) is 3.70. The van der Waals surface area contributed by atoms with Gasteiger partial charge in [0.15, 0.2) is 0 Å². The summed E-state index contributed by atoms with van der Waals surface area (Å²) in [5.41, 5.74) is 1.70. The fourth-order valence-electron chi connectivity index (χ4n) is 2.81. The van der Waals surface area contributed by atoms with E-state index in [4.69, 9.17) is 16.3 Å². The van der Waals surface area contributed by atoms with Gasteiger partial charge >= 0.3 is 12.0 Å². The molecule has 1 aromatic carbocycles. The van der Waals surface area contributed by atoms with Gasteiger partial charge in [-0.05, 0) is 29.1 Å². The number of hydrogen-bond donors (Lipinski definition) is 1. The van der Waals surface area contributed by atoms with Gasteiger partial charge in [-0.1, -0.05) is 23.7 Å². The molecule has 1 N–H and O–H groups in total. The van der Waals surface area contributed by atoms with Crippen LogP contribution in [-0.4, -0.2) is 55.1 Å². The molecule has 6 nitrogen and oxygen atoms in total. The van der Waals surface area contributed by atoms with Crippen LogP contribution >= 0.6 is 22.9 Å². The largest absolute Gasteiger partial charge is 0.465 e. The van der Waals surface area contributed by atoms with E-state index in [1.807, 2.05) is 24.3 Å². The standard InChI is InChI=1S/C18H20ClN3O3S/c1-25-17(23)16-15(6-11-26-16)20-18(24)22-9-7-21(8-10-22)12-13-2-4-14(19)5-3-13/h2-6,11H,7-10,12H2,1H3,(H,20,24). The highest BCUT2D eigenvalue weighted by atomic mass is 35.5. The number of thiophene rings is 1. The molecule has 1 saturated heterocycles. The molecule has 1 aliphatic rings. The molecule has 2 heterocycles. The number of urea groups is 1. The van der Waals surface area contributed by atoms with Crippen LogP contribution < -0.4 is 5.32 Å². The molecule has 2 aromatic rings. The second kappa shape index (κ2) is 8.53. The molecule has 1 aliphatic heterocycles. The highest BCUT2D eigenvalue weighted by molar-refractivity contribution is 7.12. The molecule has 2 amide bonds. The van der Waals surface area contributed by atoms with E-state index in [2.05, 4.69) is 10.2 Å². The third-order valence-corrected chi connectivity index (χ3v) is 5.40. The first-order valence-electron chi connectivity index (χ1n) is 8.25. The van der Waals surface area contributed by atoms with Crippen LogP contribution in [0.15, 0.2) is 35.7 Å². The van der Waals surface area contributed by atoms with Crippen LogP contribution in [0.1, 0.15) is 15.2 Å².